The quantitative estimate of drug-likeness (QED) is 0.671. The molecule has 84 valence electrons. The van der Waals surface area contributed by atoms with Crippen LogP contribution in [0.3, 0.4) is 0 Å². The Morgan fingerprint density at radius 1 is 1.44 bits per heavy atom. The molecule has 1 aromatic carbocycles. The van der Waals surface area contributed by atoms with Crippen molar-refractivity contribution in [2.75, 3.05) is 0 Å². The fourth-order valence-corrected chi connectivity index (χ4v) is 1.07. The summed E-state index contributed by atoms with van der Waals surface area (Å²) in [4.78, 5) is 21.3. The fraction of sp³-hybridized carbons (Fsp3) is 0. The predicted octanol–water partition coefficient (Wildman–Crippen LogP) is 2.60. The molecular formula is C9H6Cl2N2O3. The molecular weight excluding hydrogens is 255 g/mol. The number of nitro groups is 1. The minimum Gasteiger partial charge on any atom is -0.326 e. The highest BCUT2D eigenvalue weighted by Crippen LogP contribution is 2.13. The summed E-state index contributed by atoms with van der Waals surface area (Å²) < 4.78 is -0.112. The number of nitro benzene ring substituents is 1. The molecule has 0 saturated heterocycles. The Morgan fingerprint density at radius 3 is 2.69 bits per heavy atom. The molecule has 1 rings (SSSR count). The summed E-state index contributed by atoms with van der Waals surface area (Å²) in [5.74, 6) is -0.525. The van der Waals surface area contributed by atoms with Gasteiger partial charge in [0.05, 0.1) is 4.92 Å². The van der Waals surface area contributed by atoms with Gasteiger partial charge in [0.15, 0.2) is 0 Å². The first-order valence-corrected chi connectivity index (χ1v) is 4.83. The number of nitrogens with one attached hydrogen (secondary N) is 1. The maximum absolute atomic E-state index is 11.4. The van der Waals surface area contributed by atoms with E-state index in [1.54, 1.807) is 0 Å². The molecule has 0 heterocycles. The van der Waals surface area contributed by atoms with Crippen molar-refractivity contribution in [2.24, 2.45) is 0 Å². The molecule has 1 N–H and O–H groups in total. The van der Waals surface area contributed by atoms with Gasteiger partial charge in [-0.15, -0.1) is 0 Å². The zero-order chi connectivity index (χ0) is 12.1. The van der Waals surface area contributed by atoms with Crippen LogP contribution in [0, 0.1) is 10.1 Å². The Kier molecular flexibility index (Phi) is 4.28. The minimum atomic E-state index is -0.582. The lowest BCUT2D eigenvalue weighted by atomic mass is 10.2. The molecule has 7 heteroatoms. The van der Waals surface area contributed by atoms with Crippen LogP contribution in [-0.4, -0.2) is 10.8 Å². The zero-order valence-corrected chi connectivity index (χ0v) is 9.33. The summed E-state index contributed by atoms with van der Waals surface area (Å²) in [6.45, 7) is 0. The van der Waals surface area contributed by atoms with Crippen molar-refractivity contribution < 1.29 is 9.72 Å². The number of hydrogen-bond donors (Lipinski definition) is 1. The molecule has 0 fully saturated rings. The number of hydrogen-bond acceptors (Lipinski definition) is 3. The van der Waals surface area contributed by atoms with E-state index in [1.807, 2.05) is 0 Å². The van der Waals surface area contributed by atoms with Crippen LogP contribution >= 0.6 is 23.2 Å². The van der Waals surface area contributed by atoms with Crippen LogP contribution in [0.5, 0.6) is 0 Å². The highest BCUT2D eigenvalue weighted by atomic mass is 35.5. The molecule has 5 nitrogen and oxygen atoms in total. The summed E-state index contributed by atoms with van der Waals surface area (Å²) in [5.41, 5.74) is -0.00590. The molecule has 0 spiro atoms. The summed E-state index contributed by atoms with van der Waals surface area (Å²) in [6, 6.07) is 5.31. The average molecular weight is 261 g/mol. The van der Waals surface area contributed by atoms with Crippen molar-refractivity contribution in [3.63, 3.8) is 0 Å². The first kappa shape index (κ1) is 12.5. The van der Waals surface area contributed by atoms with Gasteiger partial charge in [-0.25, -0.2) is 0 Å². The van der Waals surface area contributed by atoms with E-state index in [9.17, 15) is 14.9 Å². The number of amides is 1. The third-order valence-corrected chi connectivity index (χ3v) is 1.85. The SMILES string of the molecule is O=C(NC=C(Cl)Cl)c1cccc([N+](=O)[O-])c1. The molecule has 16 heavy (non-hydrogen) atoms. The average Bonchev–Trinajstić information content (AvgIpc) is 2.26. The fourth-order valence-electron chi connectivity index (χ4n) is 0.964. The summed E-state index contributed by atoms with van der Waals surface area (Å²) >= 11 is 10.6. The van der Waals surface area contributed by atoms with Crippen LogP contribution in [0.15, 0.2) is 35.0 Å². The third-order valence-electron chi connectivity index (χ3n) is 1.63. The van der Waals surface area contributed by atoms with Gasteiger partial charge >= 0.3 is 0 Å². The number of non-ortho nitro benzene ring substituents is 1. The van der Waals surface area contributed by atoms with E-state index in [-0.39, 0.29) is 15.7 Å². The Labute approximate surface area is 101 Å². The van der Waals surface area contributed by atoms with Gasteiger partial charge in [0.2, 0.25) is 0 Å². The first-order valence-electron chi connectivity index (χ1n) is 4.07. The van der Waals surface area contributed by atoms with E-state index in [0.29, 0.717) is 0 Å². The largest absolute Gasteiger partial charge is 0.326 e. The molecule has 0 aliphatic heterocycles. The second-order valence-corrected chi connectivity index (χ2v) is 3.72. The maximum atomic E-state index is 11.4. The number of nitrogens with zero attached hydrogens (tertiary/aromatic N) is 1. The van der Waals surface area contributed by atoms with E-state index in [0.717, 1.165) is 12.3 Å². The van der Waals surface area contributed by atoms with E-state index in [1.165, 1.54) is 18.2 Å². The lowest BCUT2D eigenvalue weighted by Gasteiger charge is -1.99. The first-order chi connectivity index (χ1) is 7.50. The molecule has 0 unspecified atom stereocenters. The van der Waals surface area contributed by atoms with Gasteiger partial charge < -0.3 is 5.32 Å². The molecule has 0 radical (unpaired) electrons. The van der Waals surface area contributed by atoms with Gasteiger partial charge in [-0.3, -0.25) is 14.9 Å². The lowest BCUT2D eigenvalue weighted by Crippen LogP contribution is -2.17. The number of halogens is 2. The molecule has 0 aromatic heterocycles. The Morgan fingerprint density at radius 2 is 2.12 bits per heavy atom. The third kappa shape index (κ3) is 3.52. The molecule has 0 bridgehead atoms. The second kappa shape index (κ2) is 5.48. The topological polar surface area (TPSA) is 72.2 Å². The van der Waals surface area contributed by atoms with Gasteiger partial charge in [0.25, 0.3) is 11.6 Å². The molecule has 0 aliphatic carbocycles. The van der Waals surface area contributed by atoms with Gasteiger partial charge in [-0.1, -0.05) is 29.3 Å². The minimum absolute atomic E-state index is 0.112. The Hall–Kier alpha value is -1.59. The van der Waals surface area contributed by atoms with E-state index in [4.69, 9.17) is 23.2 Å². The van der Waals surface area contributed by atoms with Crippen molar-refractivity contribution in [1.82, 2.24) is 5.32 Å². The van der Waals surface area contributed by atoms with Crippen molar-refractivity contribution in [3.05, 3.63) is 50.6 Å². The Balaban J connectivity index is 2.88. The molecule has 0 saturated carbocycles. The summed E-state index contributed by atoms with van der Waals surface area (Å²) in [7, 11) is 0. The second-order valence-electron chi connectivity index (χ2n) is 2.71. The number of carbonyl (C=O) groups is 1. The number of rotatable bonds is 3. The van der Waals surface area contributed by atoms with E-state index >= 15 is 0 Å². The number of carbonyl (C=O) groups excluding carboxylic acids is 1. The van der Waals surface area contributed by atoms with Crippen LogP contribution in [0.25, 0.3) is 0 Å². The molecule has 0 aliphatic rings. The number of benzene rings is 1. The van der Waals surface area contributed by atoms with Crippen molar-refractivity contribution in [1.29, 1.82) is 0 Å². The highest BCUT2D eigenvalue weighted by Gasteiger charge is 2.10. The van der Waals surface area contributed by atoms with E-state index < -0.39 is 10.8 Å². The zero-order valence-electron chi connectivity index (χ0n) is 7.81. The monoisotopic (exact) mass is 260 g/mol. The lowest BCUT2D eigenvalue weighted by molar-refractivity contribution is -0.384. The van der Waals surface area contributed by atoms with Crippen molar-refractivity contribution in [2.45, 2.75) is 0 Å². The van der Waals surface area contributed by atoms with Crippen LogP contribution in [-0.2, 0) is 0 Å². The Bertz CT molecular complexity index is 456. The van der Waals surface area contributed by atoms with Crippen molar-refractivity contribution >= 4 is 34.8 Å². The summed E-state index contributed by atoms with van der Waals surface area (Å²) in [5, 5.41) is 12.7. The van der Waals surface area contributed by atoms with Gasteiger partial charge in [0.1, 0.15) is 4.49 Å². The molecule has 0 atom stereocenters. The van der Waals surface area contributed by atoms with Crippen LogP contribution in [0.4, 0.5) is 5.69 Å². The predicted molar refractivity (Wildman–Crippen MR) is 60.4 cm³/mol. The highest BCUT2D eigenvalue weighted by molar-refractivity contribution is 6.55. The summed E-state index contributed by atoms with van der Waals surface area (Å²) in [6.07, 6.45) is 1.09. The normalized spacial score (nSPS) is 9.38. The van der Waals surface area contributed by atoms with Crippen LogP contribution in [0.2, 0.25) is 0 Å². The van der Waals surface area contributed by atoms with Gasteiger partial charge in [-0.2, -0.15) is 0 Å². The van der Waals surface area contributed by atoms with Crippen LogP contribution < -0.4 is 5.32 Å². The maximum Gasteiger partial charge on any atom is 0.270 e. The molecule has 1 aromatic rings. The van der Waals surface area contributed by atoms with E-state index in [2.05, 4.69) is 5.32 Å². The van der Waals surface area contributed by atoms with Gasteiger partial charge in [-0.05, 0) is 6.07 Å². The van der Waals surface area contributed by atoms with Gasteiger partial charge in [0, 0.05) is 23.9 Å². The molecule has 1 amide bonds. The van der Waals surface area contributed by atoms with Crippen molar-refractivity contribution in [3.8, 4) is 0 Å². The standard InChI is InChI=1S/C9H6Cl2N2O3/c10-8(11)5-12-9(14)6-2-1-3-7(4-6)13(15)16/h1-5H,(H,12,14). The smallest absolute Gasteiger partial charge is 0.270 e. The van der Waals surface area contributed by atoms with Crippen LogP contribution in [0.1, 0.15) is 10.4 Å².